The van der Waals surface area contributed by atoms with E-state index in [0.29, 0.717) is 5.25 Å². The molecule has 0 radical (unpaired) electrons. The molecule has 0 bridgehead atoms. The lowest BCUT2D eigenvalue weighted by molar-refractivity contribution is 0.479. The zero-order chi connectivity index (χ0) is 13.5. The standard InChI is InChI=1S/C15H23N3S/c1-3-13(4-2)14-11-18-15(19-14)17-10-7-12-5-8-16-9-6-12/h5-6,8-9,13-14H,3-4,7,10-11H2,1-2H3,(H,17,18). The van der Waals surface area contributed by atoms with Crippen LogP contribution in [0, 0.1) is 5.92 Å². The van der Waals surface area contributed by atoms with Crippen LogP contribution in [0.25, 0.3) is 0 Å². The molecule has 2 heterocycles. The van der Waals surface area contributed by atoms with E-state index in [2.05, 4.69) is 41.3 Å². The van der Waals surface area contributed by atoms with Crippen LogP contribution in [0.2, 0.25) is 0 Å². The third-order valence-electron chi connectivity index (χ3n) is 3.69. The van der Waals surface area contributed by atoms with Crippen molar-refractivity contribution in [3.05, 3.63) is 30.1 Å². The fourth-order valence-electron chi connectivity index (χ4n) is 2.41. The number of rotatable bonds is 6. The first-order valence-electron chi connectivity index (χ1n) is 7.17. The fraction of sp³-hybridized carbons (Fsp3) is 0.600. The van der Waals surface area contributed by atoms with E-state index in [1.807, 2.05) is 24.2 Å². The first kappa shape index (κ1) is 14.4. The van der Waals surface area contributed by atoms with Crippen molar-refractivity contribution in [2.45, 2.75) is 38.4 Å². The lowest BCUT2D eigenvalue weighted by Gasteiger charge is -2.18. The number of aliphatic imine (C=N–C) groups is 1. The molecule has 0 aliphatic carbocycles. The summed E-state index contributed by atoms with van der Waals surface area (Å²) in [5, 5.41) is 5.27. The van der Waals surface area contributed by atoms with E-state index in [1.165, 1.54) is 18.4 Å². The predicted octanol–water partition coefficient (Wildman–Crippen LogP) is 3.12. The molecule has 0 fully saturated rings. The monoisotopic (exact) mass is 277 g/mol. The number of hydrogen-bond donors (Lipinski definition) is 1. The normalized spacial score (nSPS) is 18.7. The molecule has 1 aromatic heterocycles. The van der Waals surface area contributed by atoms with Crippen molar-refractivity contribution >= 4 is 16.9 Å². The highest BCUT2D eigenvalue weighted by Gasteiger charge is 2.25. The Morgan fingerprint density at radius 1 is 1.32 bits per heavy atom. The number of nitrogens with one attached hydrogen (secondary N) is 1. The van der Waals surface area contributed by atoms with Crippen LogP contribution in [-0.2, 0) is 6.42 Å². The summed E-state index contributed by atoms with van der Waals surface area (Å²) >= 11 is 1.93. The van der Waals surface area contributed by atoms with Crippen molar-refractivity contribution in [2.24, 2.45) is 10.9 Å². The summed E-state index contributed by atoms with van der Waals surface area (Å²) in [7, 11) is 0. The van der Waals surface area contributed by atoms with Crippen LogP contribution in [0.3, 0.4) is 0 Å². The van der Waals surface area contributed by atoms with Gasteiger partial charge in [0.15, 0.2) is 5.17 Å². The van der Waals surface area contributed by atoms with Gasteiger partial charge in [-0.05, 0) is 30.0 Å². The summed E-state index contributed by atoms with van der Waals surface area (Å²) < 4.78 is 0. The van der Waals surface area contributed by atoms with E-state index in [9.17, 15) is 0 Å². The Bertz CT molecular complexity index is 401. The minimum atomic E-state index is 0.679. The second-order valence-corrected chi connectivity index (χ2v) is 6.14. The molecule has 1 N–H and O–H groups in total. The van der Waals surface area contributed by atoms with Crippen LogP contribution in [0.1, 0.15) is 32.3 Å². The number of pyridine rings is 1. The van der Waals surface area contributed by atoms with Gasteiger partial charge in [0.05, 0.1) is 6.54 Å². The summed E-state index contributed by atoms with van der Waals surface area (Å²) in [6.07, 6.45) is 7.24. The first-order chi connectivity index (χ1) is 9.33. The SMILES string of the molecule is CCC(CC)C1CN=C(NCCc2ccncc2)S1. The second-order valence-electron chi connectivity index (χ2n) is 4.91. The van der Waals surface area contributed by atoms with Gasteiger partial charge in [-0.3, -0.25) is 9.98 Å². The average Bonchev–Trinajstić information content (AvgIpc) is 2.90. The summed E-state index contributed by atoms with van der Waals surface area (Å²) in [6, 6.07) is 4.14. The van der Waals surface area contributed by atoms with Gasteiger partial charge in [0, 0.05) is 24.2 Å². The molecule has 0 amide bonds. The van der Waals surface area contributed by atoms with E-state index in [4.69, 9.17) is 0 Å². The van der Waals surface area contributed by atoms with E-state index < -0.39 is 0 Å². The molecule has 2 rings (SSSR count). The predicted molar refractivity (Wildman–Crippen MR) is 83.7 cm³/mol. The number of aromatic nitrogens is 1. The minimum Gasteiger partial charge on any atom is -0.365 e. The van der Waals surface area contributed by atoms with Crippen molar-refractivity contribution in [1.29, 1.82) is 0 Å². The molecule has 0 aromatic carbocycles. The van der Waals surface area contributed by atoms with Crippen molar-refractivity contribution < 1.29 is 0 Å². The molecule has 1 aromatic rings. The molecular formula is C15H23N3S. The number of amidine groups is 1. The highest BCUT2D eigenvalue weighted by atomic mass is 32.2. The summed E-state index contributed by atoms with van der Waals surface area (Å²) in [5.74, 6) is 0.799. The summed E-state index contributed by atoms with van der Waals surface area (Å²) in [5.41, 5.74) is 1.32. The van der Waals surface area contributed by atoms with E-state index in [-0.39, 0.29) is 0 Å². The van der Waals surface area contributed by atoms with E-state index >= 15 is 0 Å². The molecule has 104 valence electrons. The Balaban J connectivity index is 1.71. The molecule has 0 saturated heterocycles. The number of nitrogens with zero attached hydrogens (tertiary/aromatic N) is 2. The Kier molecular flexibility index (Phi) is 5.70. The number of thioether (sulfide) groups is 1. The minimum absolute atomic E-state index is 0.679. The zero-order valence-electron chi connectivity index (χ0n) is 11.8. The average molecular weight is 277 g/mol. The lowest BCUT2D eigenvalue weighted by atomic mass is 9.99. The molecule has 0 saturated carbocycles. The smallest absolute Gasteiger partial charge is 0.156 e. The van der Waals surface area contributed by atoms with Gasteiger partial charge >= 0.3 is 0 Å². The Labute approximate surface area is 120 Å². The summed E-state index contributed by atoms with van der Waals surface area (Å²) in [6.45, 7) is 6.49. The molecule has 4 heteroatoms. The van der Waals surface area contributed by atoms with Gasteiger partial charge in [-0.1, -0.05) is 38.5 Å². The largest absolute Gasteiger partial charge is 0.365 e. The molecular weight excluding hydrogens is 254 g/mol. The Hall–Kier alpha value is -1.03. The van der Waals surface area contributed by atoms with Gasteiger partial charge in [-0.2, -0.15) is 0 Å². The molecule has 1 atom stereocenters. The van der Waals surface area contributed by atoms with Gasteiger partial charge in [-0.15, -0.1) is 0 Å². The van der Waals surface area contributed by atoms with Crippen LogP contribution < -0.4 is 5.32 Å². The van der Waals surface area contributed by atoms with Gasteiger partial charge in [0.1, 0.15) is 0 Å². The quantitative estimate of drug-likeness (QED) is 0.868. The first-order valence-corrected chi connectivity index (χ1v) is 8.05. The van der Waals surface area contributed by atoms with Crippen molar-refractivity contribution in [1.82, 2.24) is 10.3 Å². The third kappa shape index (κ3) is 4.23. The summed E-state index contributed by atoms with van der Waals surface area (Å²) in [4.78, 5) is 8.65. The van der Waals surface area contributed by atoms with Crippen molar-refractivity contribution in [2.75, 3.05) is 13.1 Å². The molecule has 1 aliphatic rings. The maximum Gasteiger partial charge on any atom is 0.156 e. The van der Waals surface area contributed by atoms with Crippen LogP contribution in [0.4, 0.5) is 0 Å². The van der Waals surface area contributed by atoms with Gasteiger partial charge < -0.3 is 5.32 Å². The van der Waals surface area contributed by atoms with Gasteiger partial charge in [-0.25, -0.2) is 0 Å². The number of hydrogen-bond acceptors (Lipinski definition) is 4. The highest BCUT2D eigenvalue weighted by molar-refractivity contribution is 8.14. The lowest BCUT2D eigenvalue weighted by Crippen LogP contribution is -2.23. The molecule has 3 nitrogen and oxygen atoms in total. The Morgan fingerprint density at radius 2 is 2.05 bits per heavy atom. The van der Waals surface area contributed by atoms with Crippen molar-refractivity contribution in [3.8, 4) is 0 Å². The molecule has 1 aliphatic heterocycles. The Morgan fingerprint density at radius 3 is 2.74 bits per heavy atom. The topological polar surface area (TPSA) is 37.3 Å². The highest BCUT2D eigenvalue weighted by Crippen LogP contribution is 2.30. The van der Waals surface area contributed by atoms with Crippen molar-refractivity contribution in [3.63, 3.8) is 0 Å². The van der Waals surface area contributed by atoms with Gasteiger partial charge in [0.25, 0.3) is 0 Å². The van der Waals surface area contributed by atoms with E-state index in [1.54, 1.807) is 0 Å². The molecule has 0 spiro atoms. The van der Waals surface area contributed by atoms with Crippen LogP contribution >= 0.6 is 11.8 Å². The third-order valence-corrected chi connectivity index (χ3v) is 5.03. The molecule has 1 unspecified atom stereocenters. The van der Waals surface area contributed by atoms with Crippen LogP contribution in [0.5, 0.6) is 0 Å². The van der Waals surface area contributed by atoms with Crippen LogP contribution in [-0.4, -0.2) is 28.5 Å². The fourth-order valence-corrected chi connectivity index (χ4v) is 3.76. The van der Waals surface area contributed by atoms with E-state index in [0.717, 1.165) is 30.6 Å². The molecule has 19 heavy (non-hydrogen) atoms. The zero-order valence-corrected chi connectivity index (χ0v) is 12.6. The van der Waals surface area contributed by atoms with Gasteiger partial charge in [0.2, 0.25) is 0 Å². The maximum absolute atomic E-state index is 4.62. The maximum atomic E-state index is 4.62. The second kappa shape index (κ2) is 7.53. The van der Waals surface area contributed by atoms with Crippen LogP contribution in [0.15, 0.2) is 29.5 Å².